The maximum Gasteiger partial charge on any atom is 0.240 e. The van der Waals surface area contributed by atoms with Gasteiger partial charge in [-0.15, -0.1) is 0 Å². The van der Waals surface area contributed by atoms with Crippen LogP contribution in [-0.4, -0.2) is 29.4 Å². The molecule has 0 bridgehead atoms. The lowest BCUT2D eigenvalue weighted by Crippen LogP contribution is -2.52. The Labute approximate surface area is 128 Å². The van der Waals surface area contributed by atoms with Gasteiger partial charge in [0, 0.05) is 19.1 Å². The minimum atomic E-state index is -0.0641. The second kappa shape index (κ2) is 7.60. The highest BCUT2D eigenvalue weighted by Gasteiger charge is 2.29. The molecule has 0 saturated heterocycles. The minimum absolute atomic E-state index is 0.0641. The average Bonchev–Trinajstić information content (AvgIpc) is 2.54. The predicted octanol–water partition coefficient (Wildman–Crippen LogP) is 3.13. The van der Waals surface area contributed by atoms with Crippen molar-refractivity contribution in [2.24, 2.45) is 0 Å². The summed E-state index contributed by atoms with van der Waals surface area (Å²) in [5.41, 5.74) is 2.64. The molecule has 21 heavy (non-hydrogen) atoms. The SMILES string of the molecule is CCCCN(C(=O)[C@@H]1Cc2ccccc2CN1)C(C)CC. The molecule has 116 valence electrons. The van der Waals surface area contributed by atoms with Gasteiger partial charge < -0.3 is 10.2 Å². The molecule has 0 spiro atoms. The Morgan fingerprint density at radius 1 is 1.33 bits per heavy atom. The maximum absolute atomic E-state index is 12.9. The highest BCUT2D eigenvalue weighted by molar-refractivity contribution is 5.83. The standard InChI is InChI=1S/C18H28N2O/c1-4-6-11-20(14(3)5-2)18(21)17-12-15-9-7-8-10-16(15)13-19-17/h7-10,14,17,19H,4-6,11-13H2,1-3H3/t14?,17-/m0/s1. The third-order valence-corrected chi connectivity index (χ3v) is 4.54. The van der Waals surface area contributed by atoms with Crippen LogP contribution in [0.5, 0.6) is 0 Å². The number of fused-ring (bicyclic) bond motifs is 1. The molecule has 3 nitrogen and oxygen atoms in total. The quantitative estimate of drug-likeness (QED) is 0.872. The third-order valence-electron chi connectivity index (χ3n) is 4.54. The number of rotatable bonds is 6. The van der Waals surface area contributed by atoms with Gasteiger partial charge in [0.25, 0.3) is 0 Å². The van der Waals surface area contributed by atoms with Crippen LogP contribution < -0.4 is 5.32 Å². The van der Waals surface area contributed by atoms with Crippen LogP contribution in [0.1, 0.15) is 51.2 Å². The van der Waals surface area contributed by atoms with Crippen molar-refractivity contribution in [3.8, 4) is 0 Å². The van der Waals surface area contributed by atoms with Gasteiger partial charge in [-0.1, -0.05) is 44.5 Å². The summed E-state index contributed by atoms with van der Waals surface area (Å²) >= 11 is 0. The molecule has 3 heteroatoms. The Morgan fingerprint density at radius 2 is 2.05 bits per heavy atom. The predicted molar refractivity (Wildman–Crippen MR) is 87.1 cm³/mol. The Hall–Kier alpha value is -1.35. The second-order valence-electron chi connectivity index (χ2n) is 6.05. The van der Waals surface area contributed by atoms with E-state index in [0.717, 1.165) is 38.8 Å². The van der Waals surface area contributed by atoms with Gasteiger partial charge in [0.15, 0.2) is 0 Å². The highest BCUT2D eigenvalue weighted by Crippen LogP contribution is 2.19. The summed E-state index contributed by atoms with van der Waals surface area (Å²) in [5.74, 6) is 0.271. The number of carbonyl (C=O) groups excluding carboxylic acids is 1. The summed E-state index contributed by atoms with van der Waals surface area (Å²) in [6.45, 7) is 8.16. The number of amides is 1. The Kier molecular flexibility index (Phi) is 5.80. The summed E-state index contributed by atoms with van der Waals surface area (Å²) in [6.07, 6.45) is 4.04. The second-order valence-corrected chi connectivity index (χ2v) is 6.05. The summed E-state index contributed by atoms with van der Waals surface area (Å²) in [5, 5.41) is 3.42. The molecule has 1 heterocycles. The molecular formula is C18H28N2O. The summed E-state index contributed by atoms with van der Waals surface area (Å²) in [7, 11) is 0. The Morgan fingerprint density at radius 3 is 2.71 bits per heavy atom. The van der Waals surface area contributed by atoms with Gasteiger partial charge in [0.2, 0.25) is 5.91 Å². The molecule has 1 amide bonds. The first kappa shape index (κ1) is 16.0. The fraction of sp³-hybridized carbons (Fsp3) is 0.611. The summed E-state index contributed by atoms with van der Waals surface area (Å²) in [4.78, 5) is 15.0. The zero-order chi connectivity index (χ0) is 15.2. The maximum atomic E-state index is 12.9. The number of carbonyl (C=O) groups is 1. The van der Waals surface area contributed by atoms with Crippen molar-refractivity contribution in [1.82, 2.24) is 10.2 Å². The number of hydrogen-bond donors (Lipinski definition) is 1. The van der Waals surface area contributed by atoms with Crippen LogP contribution in [0.25, 0.3) is 0 Å². The fourth-order valence-corrected chi connectivity index (χ4v) is 2.93. The molecule has 0 aromatic heterocycles. The van der Waals surface area contributed by atoms with Crippen LogP contribution >= 0.6 is 0 Å². The molecule has 0 fully saturated rings. The highest BCUT2D eigenvalue weighted by atomic mass is 16.2. The van der Waals surface area contributed by atoms with Gasteiger partial charge in [-0.2, -0.15) is 0 Å². The first-order valence-corrected chi connectivity index (χ1v) is 8.28. The summed E-state index contributed by atoms with van der Waals surface area (Å²) < 4.78 is 0. The van der Waals surface area contributed by atoms with Crippen molar-refractivity contribution >= 4 is 5.91 Å². The van der Waals surface area contributed by atoms with Crippen LogP contribution in [-0.2, 0) is 17.8 Å². The molecule has 1 N–H and O–H groups in total. The van der Waals surface area contributed by atoms with Crippen molar-refractivity contribution in [2.45, 2.75) is 65.1 Å². The normalized spacial score (nSPS) is 18.9. The van der Waals surface area contributed by atoms with E-state index in [1.807, 2.05) is 0 Å². The van der Waals surface area contributed by atoms with Gasteiger partial charge in [-0.3, -0.25) is 4.79 Å². The van der Waals surface area contributed by atoms with Crippen molar-refractivity contribution in [1.29, 1.82) is 0 Å². The summed E-state index contributed by atoms with van der Waals surface area (Å²) in [6, 6.07) is 8.68. The van der Waals surface area contributed by atoms with E-state index in [1.165, 1.54) is 11.1 Å². The minimum Gasteiger partial charge on any atom is -0.339 e. The molecule has 1 unspecified atom stereocenters. The van der Waals surface area contributed by atoms with Gasteiger partial charge >= 0.3 is 0 Å². The smallest absolute Gasteiger partial charge is 0.240 e. The molecule has 1 aromatic carbocycles. The molecule has 0 radical (unpaired) electrons. The van der Waals surface area contributed by atoms with Crippen LogP contribution in [0, 0.1) is 0 Å². The average molecular weight is 288 g/mol. The van der Waals surface area contributed by atoms with Crippen LogP contribution in [0.3, 0.4) is 0 Å². The monoisotopic (exact) mass is 288 g/mol. The number of nitrogens with zero attached hydrogens (tertiary/aromatic N) is 1. The molecular weight excluding hydrogens is 260 g/mol. The number of hydrogen-bond acceptors (Lipinski definition) is 2. The van der Waals surface area contributed by atoms with Crippen LogP contribution in [0.4, 0.5) is 0 Å². The zero-order valence-corrected chi connectivity index (χ0v) is 13.6. The van der Waals surface area contributed by atoms with E-state index in [4.69, 9.17) is 0 Å². The Bertz CT molecular complexity index is 472. The van der Waals surface area contributed by atoms with E-state index in [1.54, 1.807) is 0 Å². The van der Waals surface area contributed by atoms with E-state index >= 15 is 0 Å². The number of benzene rings is 1. The van der Waals surface area contributed by atoms with E-state index < -0.39 is 0 Å². The van der Waals surface area contributed by atoms with Crippen molar-refractivity contribution in [2.75, 3.05) is 6.54 Å². The Balaban J connectivity index is 2.07. The largest absolute Gasteiger partial charge is 0.339 e. The van der Waals surface area contributed by atoms with Gasteiger partial charge in [0.1, 0.15) is 0 Å². The molecule has 1 aromatic rings. The van der Waals surface area contributed by atoms with E-state index in [-0.39, 0.29) is 11.9 Å². The van der Waals surface area contributed by atoms with Crippen LogP contribution in [0.15, 0.2) is 24.3 Å². The lowest BCUT2D eigenvalue weighted by atomic mass is 9.94. The van der Waals surface area contributed by atoms with E-state index in [2.05, 4.69) is 55.3 Å². The number of nitrogens with one attached hydrogen (secondary N) is 1. The lowest BCUT2D eigenvalue weighted by molar-refractivity contribution is -0.135. The molecule has 2 rings (SSSR count). The third kappa shape index (κ3) is 3.85. The molecule has 0 aliphatic carbocycles. The van der Waals surface area contributed by atoms with Gasteiger partial charge in [-0.05, 0) is 37.3 Å². The van der Waals surface area contributed by atoms with Crippen molar-refractivity contribution in [3.63, 3.8) is 0 Å². The molecule has 1 aliphatic heterocycles. The lowest BCUT2D eigenvalue weighted by Gasteiger charge is -2.34. The zero-order valence-electron chi connectivity index (χ0n) is 13.6. The molecule has 2 atom stereocenters. The van der Waals surface area contributed by atoms with Gasteiger partial charge in [-0.25, -0.2) is 0 Å². The first-order valence-electron chi connectivity index (χ1n) is 8.28. The van der Waals surface area contributed by atoms with Crippen LogP contribution in [0.2, 0.25) is 0 Å². The van der Waals surface area contributed by atoms with E-state index in [9.17, 15) is 4.79 Å². The molecule has 0 saturated carbocycles. The van der Waals surface area contributed by atoms with Crippen molar-refractivity contribution < 1.29 is 4.79 Å². The fourth-order valence-electron chi connectivity index (χ4n) is 2.93. The topological polar surface area (TPSA) is 32.3 Å². The van der Waals surface area contributed by atoms with Crippen molar-refractivity contribution in [3.05, 3.63) is 35.4 Å². The first-order chi connectivity index (χ1) is 10.2. The number of unbranched alkanes of at least 4 members (excludes halogenated alkanes) is 1. The molecule has 1 aliphatic rings. The van der Waals surface area contributed by atoms with E-state index in [0.29, 0.717) is 6.04 Å². The van der Waals surface area contributed by atoms with Gasteiger partial charge in [0.05, 0.1) is 6.04 Å².